The van der Waals surface area contributed by atoms with Crippen LogP contribution in [0.5, 0.6) is 0 Å². The Morgan fingerprint density at radius 3 is 2.65 bits per heavy atom. The molecule has 156 valence electrons. The molecule has 1 aliphatic heterocycles. The number of para-hydroxylation sites is 1. The average Bonchev–Trinajstić information content (AvgIpc) is 3.24. The summed E-state index contributed by atoms with van der Waals surface area (Å²) in [5, 5.41) is 9.78. The molecule has 0 unspecified atom stereocenters. The predicted octanol–water partition coefficient (Wildman–Crippen LogP) is 5.06. The van der Waals surface area contributed by atoms with Crippen molar-refractivity contribution in [1.29, 1.82) is 0 Å². The molecule has 5 nitrogen and oxygen atoms in total. The second-order valence-electron chi connectivity index (χ2n) is 7.28. The van der Waals surface area contributed by atoms with E-state index >= 15 is 0 Å². The fourth-order valence-corrected chi connectivity index (χ4v) is 6.08. The molecule has 0 fully saturated rings. The molecule has 2 heterocycles. The first kappa shape index (κ1) is 20.2. The molecule has 31 heavy (non-hydrogen) atoms. The molecule has 1 amide bonds. The van der Waals surface area contributed by atoms with Crippen molar-refractivity contribution in [3.63, 3.8) is 0 Å². The summed E-state index contributed by atoms with van der Waals surface area (Å²) in [4.78, 5) is 16.5. The van der Waals surface area contributed by atoms with Crippen LogP contribution in [0.1, 0.15) is 6.92 Å². The number of rotatable bonds is 5. The number of aromatic nitrogens is 3. The van der Waals surface area contributed by atoms with Gasteiger partial charge in [-0.2, -0.15) is 0 Å². The predicted molar refractivity (Wildman–Crippen MR) is 127 cm³/mol. The second-order valence-corrected chi connectivity index (χ2v) is 9.44. The number of hydrogen-bond acceptors (Lipinski definition) is 5. The van der Waals surface area contributed by atoms with Crippen molar-refractivity contribution in [1.82, 2.24) is 14.8 Å². The lowest BCUT2D eigenvalue weighted by Gasteiger charge is -2.40. The van der Waals surface area contributed by atoms with E-state index in [4.69, 9.17) is 0 Å². The Hall–Kier alpha value is -2.77. The third-order valence-corrected chi connectivity index (χ3v) is 7.66. The summed E-state index contributed by atoms with van der Waals surface area (Å²) in [5.74, 6) is 1.23. The minimum Gasteiger partial charge on any atom is -0.302 e. The smallest absolute Gasteiger partial charge is 0.238 e. The van der Waals surface area contributed by atoms with Gasteiger partial charge in [-0.05, 0) is 19.1 Å². The molecular weight excluding hydrogens is 424 g/mol. The lowest BCUT2D eigenvalue weighted by Crippen LogP contribution is -2.48. The van der Waals surface area contributed by atoms with E-state index in [1.165, 1.54) is 11.8 Å². The van der Waals surface area contributed by atoms with Crippen LogP contribution < -0.4 is 4.90 Å². The minimum atomic E-state index is 0.0296. The number of carbonyl (C=O) groups is 1. The van der Waals surface area contributed by atoms with Gasteiger partial charge in [0.05, 0.1) is 22.7 Å². The van der Waals surface area contributed by atoms with Crippen LogP contribution in [0.2, 0.25) is 0 Å². The van der Waals surface area contributed by atoms with Gasteiger partial charge < -0.3 is 9.47 Å². The van der Waals surface area contributed by atoms with Crippen molar-refractivity contribution in [2.75, 3.05) is 10.7 Å². The standard InChI is InChI=1S/C24H22N4OS2/c1-2-27-23(17-10-4-3-5-11-17)25-26-24(27)30-16-22(29)28-18-12-6-8-14-20(18)31-21-15-9-7-13-19(21)28/h3-15,18,20H,2,16H2,1H3/t18-,20+/m1/s1. The van der Waals surface area contributed by atoms with Crippen LogP contribution in [0.4, 0.5) is 5.69 Å². The molecule has 0 radical (unpaired) electrons. The third-order valence-electron chi connectivity index (χ3n) is 5.40. The minimum absolute atomic E-state index is 0.0296. The zero-order valence-electron chi connectivity index (χ0n) is 17.1. The summed E-state index contributed by atoms with van der Waals surface area (Å²) in [6.07, 6.45) is 8.40. The maximum atomic E-state index is 13.4. The largest absolute Gasteiger partial charge is 0.302 e. The molecule has 1 aromatic heterocycles. The Kier molecular flexibility index (Phi) is 5.70. The van der Waals surface area contributed by atoms with Crippen LogP contribution in [0, 0.1) is 0 Å². The summed E-state index contributed by atoms with van der Waals surface area (Å²) in [6, 6.07) is 18.2. The maximum Gasteiger partial charge on any atom is 0.238 e. The van der Waals surface area contributed by atoms with E-state index in [1.54, 1.807) is 0 Å². The number of thioether (sulfide) groups is 2. The van der Waals surface area contributed by atoms with E-state index in [1.807, 2.05) is 71.3 Å². The Morgan fingerprint density at radius 1 is 1.03 bits per heavy atom. The van der Waals surface area contributed by atoms with Gasteiger partial charge >= 0.3 is 0 Å². The van der Waals surface area contributed by atoms with Gasteiger partial charge in [-0.25, -0.2) is 0 Å². The second kappa shape index (κ2) is 8.77. The number of fused-ring (bicyclic) bond motifs is 2. The summed E-state index contributed by atoms with van der Waals surface area (Å²) in [6.45, 7) is 2.82. The summed E-state index contributed by atoms with van der Waals surface area (Å²) >= 11 is 3.27. The van der Waals surface area contributed by atoms with Gasteiger partial charge in [0.25, 0.3) is 0 Å². The Morgan fingerprint density at radius 2 is 1.81 bits per heavy atom. The van der Waals surface area contributed by atoms with E-state index in [9.17, 15) is 4.79 Å². The molecule has 2 aromatic carbocycles. The molecule has 5 rings (SSSR count). The van der Waals surface area contributed by atoms with Gasteiger partial charge in [0.2, 0.25) is 5.91 Å². The first-order valence-corrected chi connectivity index (χ1v) is 12.2. The number of anilines is 1. The SMILES string of the molecule is CCn1c(SCC(=O)N2c3ccccc3S[C@H]3C=CC=C[C@H]32)nnc1-c1ccccc1. The molecule has 3 aromatic rings. The highest BCUT2D eigenvalue weighted by atomic mass is 32.2. The molecule has 2 aliphatic rings. The van der Waals surface area contributed by atoms with Crippen molar-refractivity contribution in [2.45, 2.75) is 34.8 Å². The Labute approximate surface area is 190 Å². The van der Waals surface area contributed by atoms with Crippen molar-refractivity contribution in [2.24, 2.45) is 0 Å². The van der Waals surface area contributed by atoms with Gasteiger partial charge in [-0.15, -0.1) is 22.0 Å². The third kappa shape index (κ3) is 3.83. The fourth-order valence-electron chi connectivity index (χ4n) is 3.96. The molecular formula is C24H22N4OS2. The number of carbonyl (C=O) groups excluding carboxylic acids is 1. The molecule has 2 atom stereocenters. The number of benzene rings is 2. The van der Waals surface area contributed by atoms with Gasteiger partial charge in [-0.1, -0.05) is 78.5 Å². The van der Waals surface area contributed by atoms with Gasteiger partial charge in [0.1, 0.15) is 0 Å². The highest BCUT2D eigenvalue weighted by molar-refractivity contribution is 8.00. The summed E-state index contributed by atoms with van der Waals surface area (Å²) in [7, 11) is 0. The molecule has 0 bridgehead atoms. The van der Waals surface area contributed by atoms with Crippen LogP contribution in [-0.4, -0.2) is 37.7 Å². The number of allylic oxidation sites excluding steroid dienone is 2. The first-order valence-electron chi connectivity index (χ1n) is 10.3. The Bertz CT molecular complexity index is 1160. The molecule has 0 saturated heterocycles. The maximum absolute atomic E-state index is 13.4. The number of hydrogen-bond donors (Lipinski definition) is 0. The van der Waals surface area contributed by atoms with Gasteiger partial charge in [-0.3, -0.25) is 4.79 Å². The van der Waals surface area contributed by atoms with Gasteiger partial charge in [0.15, 0.2) is 11.0 Å². The van der Waals surface area contributed by atoms with E-state index in [0.717, 1.165) is 33.7 Å². The van der Waals surface area contributed by atoms with E-state index in [-0.39, 0.29) is 17.2 Å². The van der Waals surface area contributed by atoms with E-state index < -0.39 is 0 Å². The monoisotopic (exact) mass is 446 g/mol. The molecule has 0 N–H and O–H groups in total. The molecule has 0 saturated carbocycles. The first-order chi connectivity index (χ1) is 15.3. The number of amides is 1. The zero-order valence-corrected chi connectivity index (χ0v) is 18.7. The van der Waals surface area contributed by atoms with Crippen molar-refractivity contribution in [3.05, 3.63) is 78.9 Å². The van der Waals surface area contributed by atoms with Crippen molar-refractivity contribution < 1.29 is 4.79 Å². The summed E-state index contributed by atoms with van der Waals surface area (Å²) in [5.41, 5.74) is 2.01. The van der Waals surface area contributed by atoms with Crippen molar-refractivity contribution in [3.8, 4) is 11.4 Å². The lowest BCUT2D eigenvalue weighted by molar-refractivity contribution is -0.116. The van der Waals surface area contributed by atoms with Crippen molar-refractivity contribution >= 4 is 35.1 Å². The van der Waals surface area contributed by atoms with E-state index in [2.05, 4.69) is 46.0 Å². The normalized spacial score (nSPS) is 19.2. The van der Waals surface area contributed by atoms with Crippen LogP contribution >= 0.6 is 23.5 Å². The molecule has 7 heteroatoms. The highest BCUT2D eigenvalue weighted by Gasteiger charge is 2.36. The van der Waals surface area contributed by atoms with Gasteiger partial charge in [0, 0.05) is 17.0 Å². The summed E-state index contributed by atoms with van der Waals surface area (Å²) < 4.78 is 2.07. The topological polar surface area (TPSA) is 51.0 Å². The van der Waals surface area contributed by atoms with Crippen LogP contribution in [0.3, 0.4) is 0 Å². The fraction of sp³-hybridized carbons (Fsp3) is 0.208. The van der Waals surface area contributed by atoms with Crippen LogP contribution in [-0.2, 0) is 11.3 Å². The number of nitrogens with zero attached hydrogens (tertiary/aromatic N) is 4. The van der Waals surface area contributed by atoms with Crippen LogP contribution in [0.15, 0.2) is 89.0 Å². The lowest BCUT2D eigenvalue weighted by atomic mass is 10.0. The van der Waals surface area contributed by atoms with Crippen LogP contribution in [0.25, 0.3) is 11.4 Å². The quantitative estimate of drug-likeness (QED) is 0.513. The molecule has 0 spiro atoms. The highest BCUT2D eigenvalue weighted by Crippen LogP contribution is 2.43. The Balaban J connectivity index is 1.39. The average molecular weight is 447 g/mol. The van der Waals surface area contributed by atoms with E-state index in [0.29, 0.717) is 5.75 Å². The molecule has 1 aliphatic carbocycles. The zero-order chi connectivity index (χ0) is 21.2.